The molecule has 0 radical (unpaired) electrons. The Labute approximate surface area is 132 Å². The number of carbonyl (C=O) groups is 2. The van der Waals surface area contributed by atoms with Crippen LogP contribution in [0.2, 0.25) is 0 Å². The van der Waals surface area contributed by atoms with Gasteiger partial charge in [-0.25, -0.2) is 0 Å². The number of amides is 2. The Bertz CT molecular complexity index is 759. The number of nitrogens with zero attached hydrogens (tertiary/aromatic N) is 3. The predicted molar refractivity (Wildman–Crippen MR) is 79.5 cm³/mol. The van der Waals surface area contributed by atoms with E-state index in [0.717, 1.165) is 19.3 Å². The van der Waals surface area contributed by atoms with Gasteiger partial charge in [0, 0.05) is 13.0 Å². The first-order valence-electron chi connectivity index (χ1n) is 7.66. The average Bonchev–Trinajstić information content (AvgIpc) is 3.09. The number of benzene rings is 1. The molecule has 2 aliphatic rings. The first kappa shape index (κ1) is 14.1. The van der Waals surface area contributed by atoms with E-state index >= 15 is 0 Å². The van der Waals surface area contributed by atoms with Crippen molar-refractivity contribution in [1.29, 1.82) is 0 Å². The third-order valence-corrected chi connectivity index (χ3v) is 4.59. The number of carbonyl (C=O) groups excluding carboxylic acids is 2. The van der Waals surface area contributed by atoms with Gasteiger partial charge in [-0.1, -0.05) is 17.3 Å². The SMILES string of the molecule is NC1(c2noc(CCN3C(=O)c4ccccc4C3=O)n2)CCC1. The average molecular weight is 312 g/mol. The molecule has 1 saturated carbocycles. The Kier molecular flexibility index (Phi) is 3.05. The molecule has 1 aromatic heterocycles. The molecule has 0 saturated heterocycles. The van der Waals surface area contributed by atoms with Crippen molar-refractivity contribution in [3.63, 3.8) is 0 Å². The standard InChI is InChI=1S/C16H16N4O3/c17-16(7-3-8-16)15-18-12(23-19-15)6-9-20-13(21)10-4-1-2-5-11(10)14(20)22/h1-2,4-5H,3,6-9,17H2. The van der Waals surface area contributed by atoms with E-state index in [2.05, 4.69) is 10.1 Å². The largest absolute Gasteiger partial charge is 0.339 e. The Balaban J connectivity index is 1.46. The summed E-state index contributed by atoms with van der Waals surface area (Å²) < 4.78 is 5.20. The number of rotatable bonds is 4. The van der Waals surface area contributed by atoms with Gasteiger partial charge in [0.2, 0.25) is 5.89 Å². The van der Waals surface area contributed by atoms with Crippen molar-refractivity contribution in [3.05, 3.63) is 47.1 Å². The highest BCUT2D eigenvalue weighted by Gasteiger charge is 2.39. The molecule has 1 aromatic carbocycles. The highest BCUT2D eigenvalue weighted by molar-refractivity contribution is 6.21. The number of imide groups is 1. The summed E-state index contributed by atoms with van der Waals surface area (Å²) in [7, 11) is 0. The maximum atomic E-state index is 12.3. The van der Waals surface area contributed by atoms with E-state index in [9.17, 15) is 9.59 Å². The first-order chi connectivity index (χ1) is 11.1. The first-order valence-corrected chi connectivity index (χ1v) is 7.66. The Morgan fingerprint density at radius 3 is 2.39 bits per heavy atom. The molecule has 0 bridgehead atoms. The minimum absolute atomic E-state index is 0.214. The van der Waals surface area contributed by atoms with E-state index in [0.29, 0.717) is 29.3 Å². The molecule has 0 spiro atoms. The summed E-state index contributed by atoms with van der Waals surface area (Å²) in [6, 6.07) is 6.82. The molecule has 23 heavy (non-hydrogen) atoms. The molecule has 4 rings (SSSR count). The molecule has 1 aliphatic heterocycles. The van der Waals surface area contributed by atoms with Gasteiger partial charge in [0.1, 0.15) is 0 Å². The van der Waals surface area contributed by atoms with Crippen LogP contribution in [-0.4, -0.2) is 33.4 Å². The van der Waals surface area contributed by atoms with Gasteiger partial charge in [-0.15, -0.1) is 0 Å². The van der Waals surface area contributed by atoms with Crippen LogP contribution in [0.25, 0.3) is 0 Å². The number of fused-ring (bicyclic) bond motifs is 1. The zero-order chi connectivity index (χ0) is 16.0. The van der Waals surface area contributed by atoms with Crippen molar-refractivity contribution in [1.82, 2.24) is 15.0 Å². The van der Waals surface area contributed by atoms with E-state index in [1.165, 1.54) is 4.90 Å². The van der Waals surface area contributed by atoms with Gasteiger partial charge >= 0.3 is 0 Å². The number of hydrogen-bond acceptors (Lipinski definition) is 6. The van der Waals surface area contributed by atoms with E-state index < -0.39 is 5.54 Å². The van der Waals surface area contributed by atoms with E-state index in [4.69, 9.17) is 10.3 Å². The van der Waals surface area contributed by atoms with Crippen LogP contribution in [0.1, 0.15) is 51.7 Å². The third kappa shape index (κ3) is 2.16. The van der Waals surface area contributed by atoms with E-state index in [-0.39, 0.29) is 18.4 Å². The van der Waals surface area contributed by atoms with Crippen LogP contribution in [0.15, 0.2) is 28.8 Å². The van der Waals surface area contributed by atoms with Crippen molar-refractivity contribution < 1.29 is 14.1 Å². The topological polar surface area (TPSA) is 102 Å². The predicted octanol–water partition coefficient (Wildman–Crippen LogP) is 1.25. The molecule has 7 heteroatoms. The van der Waals surface area contributed by atoms with Crippen molar-refractivity contribution in [2.75, 3.05) is 6.54 Å². The number of aromatic nitrogens is 2. The third-order valence-electron chi connectivity index (χ3n) is 4.59. The maximum Gasteiger partial charge on any atom is 0.261 e. The smallest absolute Gasteiger partial charge is 0.261 e. The molecule has 1 fully saturated rings. The van der Waals surface area contributed by atoms with Gasteiger partial charge in [-0.2, -0.15) is 4.98 Å². The number of hydrogen-bond donors (Lipinski definition) is 1. The lowest BCUT2D eigenvalue weighted by Crippen LogP contribution is -2.44. The second-order valence-electron chi connectivity index (χ2n) is 6.08. The minimum atomic E-state index is -0.475. The van der Waals surface area contributed by atoms with Gasteiger partial charge in [-0.3, -0.25) is 14.5 Å². The molecular formula is C16H16N4O3. The van der Waals surface area contributed by atoms with Crippen LogP contribution >= 0.6 is 0 Å². The lowest BCUT2D eigenvalue weighted by Gasteiger charge is -2.34. The summed E-state index contributed by atoms with van der Waals surface area (Å²) in [5, 5.41) is 3.93. The molecule has 2 amide bonds. The van der Waals surface area contributed by atoms with Crippen molar-refractivity contribution in [3.8, 4) is 0 Å². The summed E-state index contributed by atoms with van der Waals surface area (Å²) >= 11 is 0. The second-order valence-corrected chi connectivity index (χ2v) is 6.08. The maximum absolute atomic E-state index is 12.3. The Morgan fingerprint density at radius 1 is 1.17 bits per heavy atom. The fourth-order valence-electron chi connectivity index (χ4n) is 2.99. The molecule has 0 atom stereocenters. The van der Waals surface area contributed by atoms with Gasteiger partial charge in [-0.05, 0) is 31.4 Å². The fraction of sp³-hybridized carbons (Fsp3) is 0.375. The van der Waals surface area contributed by atoms with Crippen LogP contribution in [0.4, 0.5) is 0 Å². The van der Waals surface area contributed by atoms with Crippen LogP contribution < -0.4 is 5.73 Å². The molecule has 0 unspecified atom stereocenters. The highest BCUT2D eigenvalue weighted by Crippen LogP contribution is 2.36. The molecule has 2 N–H and O–H groups in total. The summed E-state index contributed by atoms with van der Waals surface area (Å²) in [6.07, 6.45) is 3.10. The lowest BCUT2D eigenvalue weighted by molar-refractivity contribution is 0.0653. The second kappa shape index (κ2) is 4.99. The van der Waals surface area contributed by atoms with Gasteiger partial charge in [0.25, 0.3) is 11.8 Å². The van der Waals surface area contributed by atoms with Crippen molar-refractivity contribution in [2.24, 2.45) is 5.73 Å². The van der Waals surface area contributed by atoms with Crippen molar-refractivity contribution in [2.45, 2.75) is 31.2 Å². The minimum Gasteiger partial charge on any atom is -0.339 e. The summed E-state index contributed by atoms with van der Waals surface area (Å²) in [5.41, 5.74) is 6.57. The number of nitrogens with two attached hydrogens (primary N) is 1. The lowest BCUT2D eigenvalue weighted by atomic mass is 9.77. The van der Waals surface area contributed by atoms with E-state index in [1.54, 1.807) is 24.3 Å². The molecule has 2 aromatic rings. The molecule has 7 nitrogen and oxygen atoms in total. The van der Waals surface area contributed by atoms with Crippen LogP contribution in [0.3, 0.4) is 0 Å². The Morgan fingerprint density at radius 2 is 1.83 bits per heavy atom. The summed E-state index contributed by atoms with van der Waals surface area (Å²) in [6.45, 7) is 0.214. The normalized spacial score (nSPS) is 18.9. The van der Waals surface area contributed by atoms with Crippen molar-refractivity contribution >= 4 is 11.8 Å². The summed E-state index contributed by atoms with van der Waals surface area (Å²) in [5.74, 6) is 0.355. The van der Waals surface area contributed by atoms with E-state index in [1.807, 2.05) is 0 Å². The van der Waals surface area contributed by atoms with Gasteiger partial charge in [0.05, 0.1) is 16.7 Å². The summed E-state index contributed by atoms with van der Waals surface area (Å²) in [4.78, 5) is 30.1. The fourth-order valence-corrected chi connectivity index (χ4v) is 2.99. The zero-order valence-electron chi connectivity index (χ0n) is 12.5. The van der Waals surface area contributed by atoms with Crippen LogP contribution in [-0.2, 0) is 12.0 Å². The molecular weight excluding hydrogens is 296 g/mol. The zero-order valence-corrected chi connectivity index (χ0v) is 12.5. The molecule has 1 aliphatic carbocycles. The van der Waals surface area contributed by atoms with Crippen LogP contribution in [0.5, 0.6) is 0 Å². The molecule has 118 valence electrons. The Hall–Kier alpha value is -2.54. The molecule has 2 heterocycles. The highest BCUT2D eigenvalue weighted by atomic mass is 16.5. The van der Waals surface area contributed by atoms with Gasteiger partial charge in [0.15, 0.2) is 5.82 Å². The quantitative estimate of drug-likeness (QED) is 0.852. The monoisotopic (exact) mass is 312 g/mol. The van der Waals surface area contributed by atoms with Gasteiger partial charge < -0.3 is 10.3 Å². The van der Waals surface area contributed by atoms with Crippen LogP contribution in [0, 0.1) is 0 Å².